The largest absolute Gasteiger partial charge is 0.469 e. The van der Waals surface area contributed by atoms with E-state index in [9.17, 15) is 4.79 Å². The first-order chi connectivity index (χ1) is 12.9. The molecule has 27 heavy (non-hydrogen) atoms. The summed E-state index contributed by atoms with van der Waals surface area (Å²) in [5.74, 6) is 4.50. The second kappa shape index (κ2) is 7.08. The van der Waals surface area contributed by atoms with Crippen molar-refractivity contribution in [1.82, 2.24) is 0 Å². The molecular weight excluding hydrogens is 332 g/mol. The Bertz CT molecular complexity index is 634. The quantitative estimate of drug-likeness (QED) is 0.436. The molecule has 4 aliphatic rings. The lowest BCUT2D eigenvalue weighted by Crippen LogP contribution is -2.50. The Morgan fingerprint density at radius 2 is 2.00 bits per heavy atom. The van der Waals surface area contributed by atoms with Crippen LogP contribution in [0.5, 0.6) is 0 Å². The molecule has 4 aliphatic carbocycles. The second-order valence-electron chi connectivity index (χ2n) is 10.5. The minimum absolute atomic E-state index is 0.0580. The van der Waals surface area contributed by atoms with E-state index in [2.05, 4.69) is 45.1 Å². The fourth-order valence-electron chi connectivity index (χ4n) is 7.79. The van der Waals surface area contributed by atoms with Gasteiger partial charge in [0.15, 0.2) is 0 Å². The molecule has 2 saturated carbocycles. The molecule has 0 unspecified atom stereocenters. The minimum Gasteiger partial charge on any atom is -0.469 e. The first kappa shape index (κ1) is 19.3. The van der Waals surface area contributed by atoms with Crippen molar-refractivity contribution in [3.8, 4) is 0 Å². The Morgan fingerprint density at radius 1 is 1.19 bits per heavy atom. The highest BCUT2D eigenvalue weighted by atomic mass is 16.5. The van der Waals surface area contributed by atoms with Crippen LogP contribution in [0.3, 0.4) is 0 Å². The van der Waals surface area contributed by atoms with Gasteiger partial charge in [-0.25, -0.2) is 0 Å². The number of esters is 1. The van der Waals surface area contributed by atoms with Gasteiger partial charge in [0, 0.05) is 6.42 Å². The van der Waals surface area contributed by atoms with Crippen LogP contribution in [0.4, 0.5) is 0 Å². The van der Waals surface area contributed by atoms with Crippen LogP contribution in [0.15, 0.2) is 24.3 Å². The highest BCUT2D eigenvalue weighted by Gasteiger charge is 2.57. The van der Waals surface area contributed by atoms with Crippen LogP contribution < -0.4 is 0 Å². The van der Waals surface area contributed by atoms with Crippen molar-refractivity contribution >= 4 is 5.97 Å². The number of ether oxygens (including phenoxy) is 1. The molecule has 0 N–H and O–H groups in total. The number of rotatable bonds is 4. The molecule has 4 rings (SSSR count). The standard InChI is InChI=1S/C25H38O2/c1-17(8-13-23(26)27-4)20-11-12-21-19-10-9-18-7-5-6-15-24(18,2)22(19)14-16-25(20,21)3/h5,7,14,16-22H,6,8-13,15H2,1-4H3/t17-,18-,19-,20-,21-,22-,24+,25+/m1/s1. The number of allylic oxidation sites excluding steroid dienone is 4. The summed E-state index contributed by atoms with van der Waals surface area (Å²) in [6.45, 7) is 7.48. The second-order valence-corrected chi connectivity index (χ2v) is 10.5. The summed E-state index contributed by atoms with van der Waals surface area (Å²) < 4.78 is 4.87. The molecule has 0 aromatic carbocycles. The van der Waals surface area contributed by atoms with Gasteiger partial charge in [0.05, 0.1) is 7.11 Å². The molecule has 0 saturated heterocycles. The van der Waals surface area contributed by atoms with E-state index in [1.165, 1.54) is 45.6 Å². The van der Waals surface area contributed by atoms with E-state index in [-0.39, 0.29) is 5.97 Å². The normalized spacial score (nSPS) is 46.3. The molecule has 0 bridgehead atoms. The lowest BCUT2D eigenvalue weighted by Gasteiger charge is -2.57. The Kier molecular flexibility index (Phi) is 5.06. The van der Waals surface area contributed by atoms with E-state index in [1.54, 1.807) is 0 Å². The number of carbonyl (C=O) groups is 1. The van der Waals surface area contributed by atoms with Crippen molar-refractivity contribution in [2.45, 2.75) is 72.1 Å². The average Bonchev–Trinajstić information content (AvgIpc) is 3.02. The van der Waals surface area contributed by atoms with Gasteiger partial charge in [-0.1, -0.05) is 45.1 Å². The van der Waals surface area contributed by atoms with Crippen molar-refractivity contribution in [3.05, 3.63) is 24.3 Å². The van der Waals surface area contributed by atoms with Gasteiger partial charge in [-0.2, -0.15) is 0 Å². The summed E-state index contributed by atoms with van der Waals surface area (Å²) in [4.78, 5) is 11.6. The van der Waals surface area contributed by atoms with Crippen molar-refractivity contribution in [1.29, 1.82) is 0 Å². The van der Waals surface area contributed by atoms with E-state index in [1.807, 2.05) is 0 Å². The minimum atomic E-state index is -0.0580. The predicted molar refractivity (Wildman–Crippen MR) is 110 cm³/mol. The number of hydrogen-bond acceptors (Lipinski definition) is 2. The Morgan fingerprint density at radius 3 is 2.78 bits per heavy atom. The van der Waals surface area contributed by atoms with E-state index in [0.29, 0.717) is 29.1 Å². The molecule has 8 atom stereocenters. The monoisotopic (exact) mass is 370 g/mol. The number of hydrogen-bond donors (Lipinski definition) is 0. The van der Waals surface area contributed by atoms with E-state index >= 15 is 0 Å². The molecule has 0 radical (unpaired) electrons. The summed E-state index contributed by atoms with van der Waals surface area (Å²) in [6, 6.07) is 0. The van der Waals surface area contributed by atoms with Gasteiger partial charge in [-0.15, -0.1) is 0 Å². The van der Waals surface area contributed by atoms with Crippen LogP contribution in [0.2, 0.25) is 0 Å². The van der Waals surface area contributed by atoms with Gasteiger partial charge < -0.3 is 4.74 Å². The Balaban J connectivity index is 1.55. The van der Waals surface area contributed by atoms with Crippen molar-refractivity contribution < 1.29 is 9.53 Å². The van der Waals surface area contributed by atoms with Crippen LogP contribution in [0.1, 0.15) is 72.1 Å². The Hall–Kier alpha value is -1.05. The van der Waals surface area contributed by atoms with Crippen molar-refractivity contribution in [3.63, 3.8) is 0 Å². The van der Waals surface area contributed by atoms with Gasteiger partial charge in [0.1, 0.15) is 0 Å². The molecule has 0 heterocycles. The molecule has 0 amide bonds. The fourth-order valence-corrected chi connectivity index (χ4v) is 7.79. The molecule has 150 valence electrons. The van der Waals surface area contributed by atoms with Gasteiger partial charge in [0.2, 0.25) is 0 Å². The summed E-state index contributed by atoms with van der Waals surface area (Å²) in [5.41, 5.74) is 0.800. The van der Waals surface area contributed by atoms with E-state index in [0.717, 1.165) is 30.1 Å². The van der Waals surface area contributed by atoms with Crippen LogP contribution in [0.25, 0.3) is 0 Å². The topological polar surface area (TPSA) is 26.3 Å². The van der Waals surface area contributed by atoms with Gasteiger partial charge in [-0.3, -0.25) is 4.79 Å². The third-order valence-electron chi connectivity index (χ3n) is 9.38. The highest BCUT2D eigenvalue weighted by molar-refractivity contribution is 5.69. The number of carbonyl (C=O) groups excluding carboxylic acids is 1. The highest BCUT2D eigenvalue weighted by Crippen LogP contribution is 2.65. The SMILES string of the molecule is COC(=O)CC[C@@H](C)[C@H]1CC[C@@H]2[C@H]3CC[C@H]4C=CCC[C@]4(C)[C@@H]3C=C[C@]21C. The lowest BCUT2D eigenvalue weighted by molar-refractivity contribution is -0.141. The molecular formula is C25H38O2. The zero-order valence-electron chi connectivity index (χ0n) is 17.7. The van der Waals surface area contributed by atoms with Gasteiger partial charge >= 0.3 is 5.97 Å². The maximum Gasteiger partial charge on any atom is 0.305 e. The average molecular weight is 371 g/mol. The maximum atomic E-state index is 11.6. The van der Waals surface area contributed by atoms with Gasteiger partial charge in [0.25, 0.3) is 0 Å². The smallest absolute Gasteiger partial charge is 0.305 e. The van der Waals surface area contributed by atoms with Crippen LogP contribution >= 0.6 is 0 Å². The first-order valence-electron chi connectivity index (χ1n) is 11.3. The van der Waals surface area contributed by atoms with Crippen LogP contribution in [-0.4, -0.2) is 13.1 Å². The Labute approximate surface area is 165 Å². The third-order valence-corrected chi connectivity index (χ3v) is 9.38. The van der Waals surface area contributed by atoms with Gasteiger partial charge in [-0.05, 0) is 91.3 Å². The summed E-state index contributed by atoms with van der Waals surface area (Å²) in [7, 11) is 1.50. The molecule has 0 spiro atoms. The number of fused-ring (bicyclic) bond motifs is 5. The van der Waals surface area contributed by atoms with E-state index in [4.69, 9.17) is 4.74 Å². The van der Waals surface area contributed by atoms with Crippen LogP contribution in [-0.2, 0) is 9.53 Å². The number of methoxy groups -OCH3 is 1. The molecule has 2 fully saturated rings. The summed E-state index contributed by atoms with van der Waals surface area (Å²) in [6.07, 6.45) is 19.9. The fraction of sp³-hybridized carbons (Fsp3) is 0.800. The zero-order valence-corrected chi connectivity index (χ0v) is 17.7. The summed E-state index contributed by atoms with van der Waals surface area (Å²) >= 11 is 0. The predicted octanol–water partition coefficient (Wildman–Crippen LogP) is 6.18. The third kappa shape index (κ3) is 3.02. The first-order valence-corrected chi connectivity index (χ1v) is 11.3. The van der Waals surface area contributed by atoms with Crippen molar-refractivity contribution in [2.75, 3.05) is 7.11 Å². The van der Waals surface area contributed by atoms with Crippen molar-refractivity contribution in [2.24, 2.45) is 46.3 Å². The maximum absolute atomic E-state index is 11.6. The molecule has 2 heteroatoms. The molecule has 0 aromatic rings. The lowest BCUT2D eigenvalue weighted by atomic mass is 9.47. The molecule has 0 aromatic heterocycles. The zero-order chi connectivity index (χ0) is 19.2. The van der Waals surface area contributed by atoms with E-state index < -0.39 is 0 Å². The molecule has 2 nitrogen and oxygen atoms in total. The summed E-state index contributed by atoms with van der Waals surface area (Å²) in [5, 5.41) is 0. The van der Waals surface area contributed by atoms with Crippen LogP contribution in [0, 0.1) is 46.3 Å². The molecule has 0 aliphatic heterocycles.